The number of aryl methyl sites for hydroxylation is 1. The van der Waals surface area contributed by atoms with Crippen LogP contribution in [-0.4, -0.2) is 40.5 Å². The van der Waals surface area contributed by atoms with E-state index in [1.165, 1.54) is 0 Å². The molecule has 1 aliphatic rings. The van der Waals surface area contributed by atoms with E-state index in [1.54, 1.807) is 12.7 Å². The lowest BCUT2D eigenvalue weighted by atomic mass is 10.2. The van der Waals surface area contributed by atoms with Gasteiger partial charge >= 0.3 is 0 Å². The first-order valence-corrected chi connectivity index (χ1v) is 6.33. The first-order valence-electron chi connectivity index (χ1n) is 6.33. The van der Waals surface area contributed by atoms with Crippen LogP contribution >= 0.6 is 0 Å². The quantitative estimate of drug-likeness (QED) is 0.823. The maximum atomic E-state index is 10.4. The third-order valence-corrected chi connectivity index (χ3v) is 2.95. The summed E-state index contributed by atoms with van der Waals surface area (Å²) in [4.78, 5) is 28.2. The number of nitrogens with zero attached hydrogens (tertiary/aromatic N) is 3. The Morgan fingerprint density at radius 1 is 1.47 bits per heavy atom. The minimum atomic E-state index is -0.157. The highest BCUT2D eigenvalue weighted by molar-refractivity contribution is 5.73. The Bertz CT molecular complexity index is 453. The molecule has 0 aromatic carbocycles. The van der Waals surface area contributed by atoms with E-state index in [9.17, 15) is 9.59 Å². The summed E-state index contributed by atoms with van der Waals surface area (Å²) in [6, 6.07) is 0.0301. The number of carbonyl (C=O) groups excluding carboxylic acids is 2. The van der Waals surface area contributed by atoms with Gasteiger partial charge in [-0.15, -0.1) is 0 Å². The molecule has 0 saturated heterocycles. The second-order valence-corrected chi connectivity index (χ2v) is 4.39. The number of rotatable bonds is 4. The molecule has 1 N–H and O–H groups in total. The number of aliphatic imine (C=N–C) groups is 1. The van der Waals surface area contributed by atoms with Crippen molar-refractivity contribution >= 4 is 18.9 Å². The highest BCUT2D eigenvalue weighted by atomic mass is 16.1. The van der Waals surface area contributed by atoms with Crippen molar-refractivity contribution in [2.24, 2.45) is 4.99 Å². The van der Waals surface area contributed by atoms with Crippen LogP contribution in [-0.2, 0) is 11.3 Å². The number of hydrogen-bond donors (Lipinski definition) is 1. The maximum Gasteiger partial charge on any atom is 0.170 e. The molecule has 0 spiro atoms. The van der Waals surface area contributed by atoms with Crippen molar-refractivity contribution in [2.75, 3.05) is 0 Å². The molecule has 6 heteroatoms. The standard InChI is InChI=1S/C8H12N2O.C5H8N2O/c1-3-4-10-6-9-8(5-11)7(10)2;1-4-5(2-8)7-3-6-4/h5-6H,3-4H2,1-2H3;2-5H,1H3,(H,6,7). The zero-order valence-electron chi connectivity index (χ0n) is 11.5. The minimum Gasteiger partial charge on any atom is -0.371 e. The lowest BCUT2D eigenvalue weighted by Crippen LogP contribution is -2.28. The number of aldehydes is 2. The van der Waals surface area contributed by atoms with Gasteiger partial charge in [0.2, 0.25) is 0 Å². The Balaban J connectivity index is 0.000000200. The molecule has 6 nitrogen and oxygen atoms in total. The number of imidazole rings is 1. The third kappa shape index (κ3) is 4.01. The van der Waals surface area contributed by atoms with Crippen molar-refractivity contribution in [3.05, 3.63) is 17.7 Å². The van der Waals surface area contributed by atoms with Crippen LogP contribution < -0.4 is 5.32 Å². The van der Waals surface area contributed by atoms with Gasteiger partial charge in [-0.25, -0.2) is 4.98 Å². The molecule has 0 bridgehead atoms. The Labute approximate surface area is 112 Å². The fraction of sp³-hybridized carbons (Fsp3) is 0.538. The van der Waals surface area contributed by atoms with E-state index in [0.717, 1.165) is 31.2 Å². The van der Waals surface area contributed by atoms with E-state index < -0.39 is 0 Å². The van der Waals surface area contributed by atoms with Crippen LogP contribution in [0, 0.1) is 6.92 Å². The molecular weight excluding hydrogens is 244 g/mol. The van der Waals surface area contributed by atoms with Crippen LogP contribution in [0.4, 0.5) is 0 Å². The minimum absolute atomic E-state index is 0.157. The Morgan fingerprint density at radius 2 is 2.21 bits per heavy atom. The number of carbonyl (C=O) groups is 2. The average molecular weight is 264 g/mol. The molecule has 2 rings (SSSR count). The predicted octanol–water partition coefficient (Wildman–Crippen LogP) is 0.988. The van der Waals surface area contributed by atoms with Gasteiger partial charge < -0.3 is 14.7 Å². The number of aromatic nitrogens is 2. The van der Waals surface area contributed by atoms with Crippen LogP contribution in [0.1, 0.15) is 36.5 Å². The van der Waals surface area contributed by atoms with Crippen molar-refractivity contribution in [1.29, 1.82) is 0 Å². The fourth-order valence-electron chi connectivity index (χ4n) is 1.67. The summed E-state index contributed by atoms with van der Waals surface area (Å²) in [6.45, 7) is 6.87. The summed E-state index contributed by atoms with van der Waals surface area (Å²) in [5.74, 6) is 0. The van der Waals surface area contributed by atoms with Gasteiger partial charge in [0.15, 0.2) is 6.29 Å². The normalized spacial score (nSPS) is 20.4. The summed E-state index contributed by atoms with van der Waals surface area (Å²) in [5.41, 5.74) is 1.51. The van der Waals surface area contributed by atoms with Crippen molar-refractivity contribution in [3.8, 4) is 0 Å². The fourth-order valence-corrected chi connectivity index (χ4v) is 1.67. The topological polar surface area (TPSA) is 76.3 Å². The number of hydrogen-bond acceptors (Lipinski definition) is 5. The average Bonchev–Trinajstić information content (AvgIpc) is 2.98. The summed E-state index contributed by atoms with van der Waals surface area (Å²) in [5, 5.41) is 2.90. The second kappa shape index (κ2) is 7.45. The first kappa shape index (κ1) is 15.1. The molecule has 1 aromatic rings. The van der Waals surface area contributed by atoms with E-state index in [-0.39, 0.29) is 12.1 Å². The molecule has 2 heterocycles. The van der Waals surface area contributed by atoms with Crippen molar-refractivity contribution in [1.82, 2.24) is 14.9 Å². The van der Waals surface area contributed by atoms with E-state index in [1.807, 2.05) is 18.4 Å². The van der Waals surface area contributed by atoms with Crippen molar-refractivity contribution in [2.45, 2.75) is 45.8 Å². The molecule has 19 heavy (non-hydrogen) atoms. The van der Waals surface area contributed by atoms with Crippen molar-refractivity contribution in [3.63, 3.8) is 0 Å². The summed E-state index contributed by atoms with van der Waals surface area (Å²) in [6.07, 6.45) is 5.99. The molecule has 0 saturated carbocycles. The smallest absolute Gasteiger partial charge is 0.170 e. The molecule has 1 aromatic heterocycles. The van der Waals surface area contributed by atoms with Crippen molar-refractivity contribution < 1.29 is 9.59 Å². The zero-order chi connectivity index (χ0) is 14.3. The van der Waals surface area contributed by atoms with Gasteiger partial charge in [-0.05, 0) is 20.3 Å². The van der Waals surface area contributed by atoms with E-state index in [0.29, 0.717) is 5.69 Å². The molecule has 0 amide bonds. The molecule has 2 atom stereocenters. The lowest BCUT2D eigenvalue weighted by Gasteiger charge is -2.03. The Kier molecular flexibility index (Phi) is 5.92. The summed E-state index contributed by atoms with van der Waals surface area (Å²) < 4.78 is 1.99. The van der Waals surface area contributed by atoms with Crippen LogP contribution in [0.15, 0.2) is 11.3 Å². The van der Waals surface area contributed by atoms with Gasteiger partial charge in [0.05, 0.1) is 18.7 Å². The van der Waals surface area contributed by atoms with E-state index in [2.05, 4.69) is 22.2 Å². The highest BCUT2D eigenvalue weighted by Gasteiger charge is 2.16. The summed E-state index contributed by atoms with van der Waals surface area (Å²) >= 11 is 0. The van der Waals surface area contributed by atoms with Crippen LogP contribution in [0.2, 0.25) is 0 Å². The van der Waals surface area contributed by atoms with Crippen LogP contribution in [0.25, 0.3) is 0 Å². The first-order chi connectivity index (χ1) is 9.13. The zero-order valence-corrected chi connectivity index (χ0v) is 11.5. The van der Waals surface area contributed by atoms with Crippen LogP contribution in [0.5, 0.6) is 0 Å². The largest absolute Gasteiger partial charge is 0.371 e. The monoisotopic (exact) mass is 264 g/mol. The maximum absolute atomic E-state index is 10.4. The van der Waals surface area contributed by atoms with Gasteiger partial charge in [-0.1, -0.05) is 6.92 Å². The van der Waals surface area contributed by atoms with Crippen LogP contribution in [0.3, 0.4) is 0 Å². The van der Waals surface area contributed by atoms with Gasteiger partial charge in [-0.3, -0.25) is 9.79 Å². The number of nitrogens with one attached hydrogen (secondary N) is 1. The lowest BCUT2D eigenvalue weighted by molar-refractivity contribution is -0.109. The molecule has 0 fully saturated rings. The second-order valence-electron chi connectivity index (χ2n) is 4.39. The summed E-state index contributed by atoms with van der Waals surface area (Å²) in [7, 11) is 0. The highest BCUT2D eigenvalue weighted by Crippen LogP contribution is 2.03. The van der Waals surface area contributed by atoms with Gasteiger partial charge in [-0.2, -0.15) is 0 Å². The molecule has 2 unspecified atom stereocenters. The predicted molar refractivity (Wildman–Crippen MR) is 73.6 cm³/mol. The Hall–Kier alpha value is -1.98. The molecular formula is C13H20N4O2. The third-order valence-electron chi connectivity index (χ3n) is 2.95. The Morgan fingerprint density at radius 3 is 2.58 bits per heavy atom. The SMILES string of the molecule is CC1NC=NC1C=O.CCCn1cnc(C=O)c1C. The van der Waals surface area contributed by atoms with Gasteiger partial charge in [0, 0.05) is 12.2 Å². The molecule has 0 aliphatic carbocycles. The molecule has 104 valence electrons. The van der Waals surface area contributed by atoms with E-state index in [4.69, 9.17) is 0 Å². The van der Waals surface area contributed by atoms with E-state index >= 15 is 0 Å². The van der Waals surface area contributed by atoms with Gasteiger partial charge in [0.25, 0.3) is 0 Å². The van der Waals surface area contributed by atoms with Gasteiger partial charge in [0.1, 0.15) is 18.0 Å². The molecule has 1 aliphatic heterocycles. The molecule has 0 radical (unpaired) electrons.